The van der Waals surface area contributed by atoms with E-state index >= 15 is 0 Å². The summed E-state index contributed by atoms with van der Waals surface area (Å²) >= 11 is 0. The Morgan fingerprint density at radius 2 is 0.470 bits per heavy atom. The van der Waals surface area contributed by atoms with Crippen LogP contribution in [0.2, 0.25) is 0 Å². The van der Waals surface area contributed by atoms with Crippen molar-refractivity contribution in [2.45, 2.75) is 0 Å². The van der Waals surface area contributed by atoms with Crippen LogP contribution in [-0.4, -0.2) is 15.0 Å². The van der Waals surface area contributed by atoms with Gasteiger partial charge in [0.05, 0.1) is 0 Å². The number of benzene rings is 13. The van der Waals surface area contributed by atoms with Crippen molar-refractivity contribution in [3.05, 3.63) is 346 Å². The molecule has 13 aromatic carbocycles. The van der Waals surface area contributed by atoms with Gasteiger partial charge in [0.15, 0.2) is 0 Å². The normalized spacial score (nSPS) is 11.5. The predicted octanol–water partition coefficient (Wildman–Crippen LogP) is 25.0. The molecule has 0 aliphatic rings. The summed E-state index contributed by atoms with van der Waals surface area (Å²) in [5.74, 6) is 0. The molecule has 0 saturated heterocycles. The van der Waals surface area contributed by atoms with E-state index in [4.69, 9.17) is 28.2 Å². The van der Waals surface area contributed by atoms with E-state index in [1.165, 1.54) is 0 Å². The Morgan fingerprint density at radius 1 is 0.210 bits per heavy atom. The summed E-state index contributed by atoms with van der Waals surface area (Å²) in [5, 5.41) is 6.29. The minimum Gasteiger partial charge on any atom is -0.456 e. The molecule has 0 radical (unpaired) electrons. The Kier molecular flexibility index (Phi) is 15.0. The molecule has 0 spiro atoms. The molecule has 0 bridgehead atoms. The van der Waals surface area contributed by atoms with Gasteiger partial charge >= 0.3 is 20.1 Å². The molecule has 19 rings (SSSR count). The van der Waals surface area contributed by atoms with Crippen LogP contribution in [0.1, 0.15) is 0 Å². The van der Waals surface area contributed by atoms with E-state index in [9.17, 15) is 0 Å². The van der Waals surface area contributed by atoms with Crippen molar-refractivity contribution in [1.82, 2.24) is 15.0 Å². The van der Waals surface area contributed by atoms with E-state index in [0.717, 1.165) is 200 Å². The summed E-state index contributed by atoms with van der Waals surface area (Å²) in [5.41, 5.74) is 28.7. The van der Waals surface area contributed by atoms with Gasteiger partial charge in [-0.1, -0.05) is 250 Å². The van der Waals surface area contributed by atoms with E-state index < -0.39 is 0 Å². The number of para-hydroxylation sites is 3. The van der Waals surface area contributed by atoms with Gasteiger partial charge in [0, 0.05) is 50.9 Å². The summed E-state index contributed by atoms with van der Waals surface area (Å²) in [6, 6.07) is 120. The van der Waals surface area contributed by atoms with Crippen LogP contribution in [-0.2, 0) is 20.1 Å². The fourth-order valence-corrected chi connectivity index (χ4v) is 14.8. The Balaban J connectivity index is 0.00000720. The quantitative estimate of drug-likeness (QED) is 0.113. The second-order valence-electron chi connectivity index (χ2n) is 24.9. The Hall–Kier alpha value is -12.6. The first-order chi connectivity index (χ1) is 49.1. The number of furan rings is 3. The number of fused-ring (bicyclic) bond motifs is 9. The fourth-order valence-electron chi connectivity index (χ4n) is 14.8. The number of rotatable bonds is 12. The van der Waals surface area contributed by atoms with Crippen molar-refractivity contribution in [3.63, 3.8) is 0 Å². The molecule has 7 heteroatoms. The second kappa shape index (κ2) is 25.1. The Bertz CT molecular complexity index is 5740. The topological polar surface area (TPSA) is 78.1 Å². The van der Waals surface area contributed by atoms with Crippen LogP contribution in [0.25, 0.3) is 200 Å². The van der Waals surface area contributed by atoms with Crippen LogP contribution in [0.3, 0.4) is 0 Å². The molecule has 0 N–H and O–H groups in total. The van der Waals surface area contributed by atoms with Gasteiger partial charge in [-0.25, -0.2) is 0 Å². The first-order valence-corrected chi connectivity index (χ1v) is 33.2. The van der Waals surface area contributed by atoms with Gasteiger partial charge in [-0.05, 0) is 140 Å². The van der Waals surface area contributed by atoms with Crippen LogP contribution in [0.5, 0.6) is 0 Å². The molecule has 0 atom stereocenters. The molecule has 0 unspecified atom stereocenters. The van der Waals surface area contributed by atoms with Crippen molar-refractivity contribution in [1.29, 1.82) is 0 Å². The Morgan fingerprint density at radius 3 is 0.770 bits per heavy atom. The van der Waals surface area contributed by atoms with Gasteiger partial charge < -0.3 is 28.2 Å². The maximum atomic E-state index is 6.60. The third kappa shape index (κ3) is 10.3. The van der Waals surface area contributed by atoms with Crippen LogP contribution < -0.4 is 0 Å². The molecule has 0 aliphatic heterocycles. The first kappa shape index (κ1) is 59.8. The van der Waals surface area contributed by atoms with Crippen molar-refractivity contribution in [2.75, 3.05) is 0 Å². The summed E-state index contributed by atoms with van der Waals surface area (Å²) in [6.45, 7) is 0. The van der Waals surface area contributed by atoms with E-state index in [2.05, 4.69) is 237 Å². The minimum atomic E-state index is 0. The third-order valence-corrected chi connectivity index (χ3v) is 19.3. The van der Waals surface area contributed by atoms with Crippen LogP contribution in [0.4, 0.5) is 0 Å². The SMILES string of the molecule is [Ir+3].[c-]1cc(-c2ccccc2-c2cc(-c3ccccc3-c3c[c-]c(-c4ccccn4)cc3-c3cccc4oc5ccccc5c34)cc(-c3ccccc3-c3c[c-]c(-c4ccccn4)cc3-c3cccc4oc5ccccc5c34)c2)c(-c2cccc3oc4ccccc4c23)cc1-c1ccccn1. The number of hydrogen-bond donors (Lipinski definition) is 0. The second-order valence-corrected chi connectivity index (χ2v) is 24.9. The zero-order chi connectivity index (χ0) is 65.3. The molecular weight excluding hydrogens is 1400 g/mol. The summed E-state index contributed by atoms with van der Waals surface area (Å²) in [4.78, 5) is 14.5. The smallest absolute Gasteiger partial charge is 0.456 e. The number of pyridine rings is 3. The Labute approximate surface area is 590 Å². The summed E-state index contributed by atoms with van der Waals surface area (Å²) < 4.78 is 19.8. The molecule has 6 heterocycles. The molecular formula is C93H54IrN3O3. The van der Waals surface area contributed by atoms with Crippen LogP contribution in [0.15, 0.2) is 341 Å². The summed E-state index contributed by atoms with van der Waals surface area (Å²) in [6.07, 6.45) is 5.52. The molecule has 6 aromatic heterocycles. The molecule has 468 valence electrons. The van der Waals surface area contributed by atoms with Crippen molar-refractivity contribution < 1.29 is 33.4 Å². The van der Waals surface area contributed by atoms with Gasteiger partial charge in [0.1, 0.15) is 33.5 Å². The molecule has 100 heavy (non-hydrogen) atoms. The minimum absolute atomic E-state index is 0. The average molecular weight is 1450 g/mol. The molecule has 0 aliphatic carbocycles. The third-order valence-electron chi connectivity index (χ3n) is 19.3. The molecule has 0 saturated carbocycles. The fraction of sp³-hybridized carbons (Fsp3) is 0. The number of aromatic nitrogens is 3. The number of hydrogen-bond acceptors (Lipinski definition) is 6. The predicted molar refractivity (Wildman–Crippen MR) is 403 cm³/mol. The standard InChI is InChI=1S/C93H54N3O3.Ir/c1-4-25-67(70-46-43-58(82-34-13-16-49-94-82)55-79(70)73-31-19-40-88-91(73)76-28-7-10-37-85(76)97-88)64(22-1)61-52-62(65-23-2-5-26-68(65)71-47-44-59(83-35-14-17-50-95-83)56-80(71)74-32-20-41-89-92(74)77-29-8-11-38-86(77)98-89)54-63(53-61)66-24-3-6-27-69(66)72-48-45-60(84-36-15-18-51-96-84)57-81(72)75-33-21-42-90-93(75)78-30-9-12-39-87(78)99-90;/h1-42,46-57H;/q-3;+3. The van der Waals surface area contributed by atoms with E-state index in [0.29, 0.717) is 0 Å². The number of nitrogens with zero attached hydrogens (tertiary/aromatic N) is 3. The van der Waals surface area contributed by atoms with E-state index in [1.54, 1.807) is 0 Å². The first-order valence-electron chi connectivity index (χ1n) is 33.2. The average Bonchev–Trinajstić information content (AvgIpc) is 1.45. The zero-order valence-electron chi connectivity index (χ0n) is 53.6. The maximum Gasteiger partial charge on any atom is 3.00 e. The van der Waals surface area contributed by atoms with Crippen molar-refractivity contribution in [2.24, 2.45) is 0 Å². The van der Waals surface area contributed by atoms with Gasteiger partial charge in [0.2, 0.25) is 0 Å². The van der Waals surface area contributed by atoms with Crippen molar-refractivity contribution >= 4 is 65.8 Å². The zero-order valence-corrected chi connectivity index (χ0v) is 56.0. The summed E-state index contributed by atoms with van der Waals surface area (Å²) in [7, 11) is 0. The maximum absolute atomic E-state index is 6.60. The molecule has 19 aromatic rings. The largest absolute Gasteiger partial charge is 3.00 e. The van der Waals surface area contributed by atoms with E-state index in [1.807, 2.05) is 110 Å². The van der Waals surface area contributed by atoms with Gasteiger partial charge in [-0.15, -0.1) is 71.3 Å². The van der Waals surface area contributed by atoms with Crippen molar-refractivity contribution in [3.8, 4) is 134 Å². The molecule has 6 nitrogen and oxygen atoms in total. The monoisotopic (exact) mass is 1450 g/mol. The van der Waals surface area contributed by atoms with Crippen LogP contribution in [0, 0.1) is 18.2 Å². The van der Waals surface area contributed by atoms with Gasteiger partial charge in [-0.3, -0.25) is 0 Å². The van der Waals surface area contributed by atoms with Crippen LogP contribution >= 0.6 is 0 Å². The van der Waals surface area contributed by atoms with Gasteiger partial charge in [-0.2, -0.15) is 0 Å². The van der Waals surface area contributed by atoms with Gasteiger partial charge in [0.25, 0.3) is 0 Å². The molecule has 0 fully saturated rings. The molecule has 0 amide bonds. The van der Waals surface area contributed by atoms with E-state index in [-0.39, 0.29) is 20.1 Å².